The van der Waals surface area contributed by atoms with Crippen LogP contribution >= 0.6 is 11.6 Å². The van der Waals surface area contributed by atoms with Crippen molar-refractivity contribution < 1.29 is 19.1 Å². The van der Waals surface area contributed by atoms with E-state index in [1.165, 1.54) is 0 Å². The number of nitrogens with zero attached hydrogens (tertiary/aromatic N) is 1. The topological polar surface area (TPSA) is 65.0 Å². The van der Waals surface area contributed by atoms with Gasteiger partial charge in [0.25, 0.3) is 0 Å². The van der Waals surface area contributed by atoms with Gasteiger partial charge in [-0.05, 0) is 50.3 Å². The number of hydrogen-bond acceptors (Lipinski definition) is 5. The molecule has 28 heavy (non-hydrogen) atoms. The number of rotatable bonds is 4. The summed E-state index contributed by atoms with van der Waals surface area (Å²) in [5.41, 5.74) is 2.88. The molecule has 3 aliphatic rings. The Labute approximate surface area is 169 Å². The Hall–Kier alpha value is -1.98. The SMILES string of the molecule is CC1=C(C(=O)OC[C@H]2CCCO2)[C@@H](c2ccc(Cl)cc2)[C@@H]2C(=O)CCCC2=N1. The largest absolute Gasteiger partial charge is 0.460 e. The zero-order chi connectivity index (χ0) is 19.7. The van der Waals surface area contributed by atoms with Crippen molar-refractivity contribution in [3.05, 3.63) is 46.1 Å². The molecule has 2 aliphatic heterocycles. The van der Waals surface area contributed by atoms with Crippen molar-refractivity contribution >= 4 is 29.1 Å². The number of fused-ring (bicyclic) bond motifs is 1. The number of aliphatic imine (C=N–C) groups is 1. The molecule has 1 saturated carbocycles. The minimum Gasteiger partial charge on any atom is -0.460 e. The van der Waals surface area contributed by atoms with E-state index in [9.17, 15) is 9.59 Å². The number of esters is 1. The lowest BCUT2D eigenvalue weighted by Gasteiger charge is -2.35. The van der Waals surface area contributed by atoms with Crippen LogP contribution in [0.3, 0.4) is 0 Å². The monoisotopic (exact) mass is 401 g/mol. The summed E-state index contributed by atoms with van der Waals surface area (Å²) in [4.78, 5) is 30.5. The molecular weight excluding hydrogens is 378 g/mol. The molecule has 0 radical (unpaired) electrons. The molecule has 5 nitrogen and oxygen atoms in total. The lowest BCUT2D eigenvalue weighted by Crippen LogP contribution is -2.39. The highest BCUT2D eigenvalue weighted by molar-refractivity contribution is 6.30. The molecule has 1 aliphatic carbocycles. The molecule has 1 aromatic rings. The standard InChI is InChI=1S/C22H24ClNO4/c1-13-19(22(26)28-12-16-4-3-11-27-16)20(14-7-9-15(23)10-8-14)21-17(24-13)5-2-6-18(21)25/h7-10,16,20-21H,2-6,11-12H2,1H3/t16-,20-,21+/m1/s1. The van der Waals surface area contributed by atoms with E-state index in [1.54, 1.807) is 12.1 Å². The van der Waals surface area contributed by atoms with Gasteiger partial charge in [-0.3, -0.25) is 9.79 Å². The van der Waals surface area contributed by atoms with E-state index in [1.807, 2.05) is 19.1 Å². The van der Waals surface area contributed by atoms with Crippen LogP contribution in [0.2, 0.25) is 5.02 Å². The number of ether oxygens (including phenoxy) is 2. The molecule has 0 aromatic heterocycles. The Morgan fingerprint density at radius 2 is 2.00 bits per heavy atom. The van der Waals surface area contributed by atoms with Crippen LogP contribution in [0.25, 0.3) is 0 Å². The van der Waals surface area contributed by atoms with Crippen LogP contribution in [0.4, 0.5) is 0 Å². The Bertz CT molecular complexity index is 837. The average molecular weight is 402 g/mol. The van der Waals surface area contributed by atoms with Gasteiger partial charge in [-0.2, -0.15) is 0 Å². The van der Waals surface area contributed by atoms with Gasteiger partial charge >= 0.3 is 5.97 Å². The van der Waals surface area contributed by atoms with Gasteiger partial charge in [-0.25, -0.2) is 4.79 Å². The number of carbonyl (C=O) groups excluding carboxylic acids is 2. The van der Waals surface area contributed by atoms with Crippen molar-refractivity contribution in [2.75, 3.05) is 13.2 Å². The maximum atomic E-state index is 13.1. The van der Waals surface area contributed by atoms with Crippen molar-refractivity contribution in [2.24, 2.45) is 10.9 Å². The summed E-state index contributed by atoms with van der Waals surface area (Å²) in [6.45, 7) is 2.77. The minimum absolute atomic E-state index is 0.0437. The maximum Gasteiger partial charge on any atom is 0.336 e. The van der Waals surface area contributed by atoms with Crippen LogP contribution in [0.1, 0.15) is 50.5 Å². The third-order valence-corrected chi connectivity index (χ3v) is 6.03. The van der Waals surface area contributed by atoms with Gasteiger partial charge in [-0.1, -0.05) is 23.7 Å². The summed E-state index contributed by atoms with van der Waals surface area (Å²) >= 11 is 6.06. The van der Waals surface area contributed by atoms with E-state index in [0.29, 0.717) is 29.3 Å². The van der Waals surface area contributed by atoms with Gasteiger partial charge < -0.3 is 9.47 Å². The van der Waals surface area contributed by atoms with E-state index >= 15 is 0 Å². The third-order valence-electron chi connectivity index (χ3n) is 5.78. The molecule has 3 atom stereocenters. The van der Waals surface area contributed by atoms with Gasteiger partial charge in [0.05, 0.1) is 17.6 Å². The number of hydrogen-bond donors (Lipinski definition) is 0. The number of ketones is 1. The first kappa shape index (κ1) is 19.3. The van der Waals surface area contributed by atoms with Crippen molar-refractivity contribution in [1.82, 2.24) is 0 Å². The minimum atomic E-state index is -0.408. The van der Waals surface area contributed by atoms with Gasteiger partial charge in [-0.15, -0.1) is 0 Å². The number of carbonyl (C=O) groups is 2. The van der Waals surface area contributed by atoms with Crippen LogP contribution in [0.5, 0.6) is 0 Å². The second-order valence-corrected chi connectivity index (χ2v) is 8.10. The van der Waals surface area contributed by atoms with Crippen molar-refractivity contribution in [1.29, 1.82) is 0 Å². The average Bonchev–Trinajstić information content (AvgIpc) is 3.19. The maximum absolute atomic E-state index is 13.1. The normalized spacial score (nSPS) is 27.4. The summed E-state index contributed by atoms with van der Waals surface area (Å²) < 4.78 is 11.2. The van der Waals surface area contributed by atoms with E-state index < -0.39 is 11.9 Å². The van der Waals surface area contributed by atoms with Crippen molar-refractivity contribution in [2.45, 2.75) is 51.0 Å². The van der Waals surface area contributed by atoms with E-state index in [0.717, 1.165) is 37.0 Å². The molecule has 148 valence electrons. The molecule has 0 N–H and O–H groups in total. The third kappa shape index (κ3) is 3.78. The number of Topliss-reactive ketones (excluding diaryl/α,β-unsaturated/α-hetero) is 1. The molecule has 0 spiro atoms. The van der Waals surface area contributed by atoms with Gasteiger partial charge in [0.1, 0.15) is 12.4 Å². The quantitative estimate of drug-likeness (QED) is 0.707. The lowest BCUT2D eigenvalue weighted by molar-refractivity contribution is -0.142. The summed E-state index contributed by atoms with van der Waals surface area (Å²) in [6.07, 6.45) is 3.96. The second-order valence-electron chi connectivity index (χ2n) is 7.66. The first-order valence-corrected chi connectivity index (χ1v) is 10.3. The Kier molecular flexibility index (Phi) is 5.65. The zero-order valence-electron chi connectivity index (χ0n) is 15.9. The molecule has 1 saturated heterocycles. The molecule has 4 rings (SSSR count). The number of benzene rings is 1. The Morgan fingerprint density at radius 1 is 1.21 bits per heavy atom. The van der Waals surface area contributed by atoms with Crippen LogP contribution in [0.15, 0.2) is 40.5 Å². The fourth-order valence-corrected chi connectivity index (χ4v) is 4.56. The van der Waals surface area contributed by atoms with E-state index in [-0.39, 0.29) is 24.4 Å². The molecule has 1 aromatic carbocycles. The highest BCUT2D eigenvalue weighted by Crippen LogP contribution is 2.43. The smallest absolute Gasteiger partial charge is 0.336 e. The molecule has 0 bridgehead atoms. The van der Waals surface area contributed by atoms with Crippen LogP contribution < -0.4 is 0 Å². The van der Waals surface area contributed by atoms with Crippen molar-refractivity contribution in [3.8, 4) is 0 Å². The fraction of sp³-hybridized carbons (Fsp3) is 0.500. The first-order chi connectivity index (χ1) is 13.5. The zero-order valence-corrected chi connectivity index (χ0v) is 16.7. The summed E-state index contributed by atoms with van der Waals surface area (Å²) in [5.74, 6) is -1.05. The summed E-state index contributed by atoms with van der Waals surface area (Å²) in [7, 11) is 0. The predicted molar refractivity (Wildman–Crippen MR) is 107 cm³/mol. The molecule has 6 heteroatoms. The highest BCUT2D eigenvalue weighted by atomic mass is 35.5. The lowest BCUT2D eigenvalue weighted by atomic mass is 9.69. The van der Waals surface area contributed by atoms with Crippen LogP contribution in [-0.4, -0.2) is 36.8 Å². The highest BCUT2D eigenvalue weighted by Gasteiger charge is 2.43. The summed E-state index contributed by atoms with van der Waals surface area (Å²) in [6, 6.07) is 7.36. The molecule has 0 unspecified atom stereocenters. The van der Waals surface area contributed by atoms with Crippen LogP contribution in [-0.2, 0) is 19.1 Å². The van der Waals surface area contributed by atoms with Crippen molar-refractivity contribution in [3.63, 3.8) is 0 Å². The molecule has 0 amide bonds. The van der Waals surface area contributed by atoms with Gasteiger partial charge in [0, 0.05) is 35.4 Å². The van der Waals surface area contributed by atoms with E-state index in [4.69, 9.17) is 21.1 Å². The van der Waals surface area contributed by atoms with Gasteiger partial charge in [0.2, 0.25) is 0 Å². The Balaban J connectivity index is 1.68. The second kappa shape index (κ2) is 8.18. The van der Waals surface area contributed by atoms with Crippen LogP contribution in [0, 0.1) is 5.92 Å². The first-order valence-electron chi connectivity index (χ1n) is 9.89. The summed E-state index contributed by atoms with van der Waals surface area (Å²) in [5, 5.41) is 0.617. The Morgan fingerprint density at radius 3 is 2.71 bits per heavy atom. The predicted octanol–water partition coefficient (Wildman–Crippen LogP) is 4.24. The molecule has 2 fully saturated rings. The molecule has 2 heterocycles. The van der Waals surface area contributed by atoms with E-state index in [2.05, 4.69) is 4.99 Å². The van der Waals surface area contributed by atoms with Gasteiger partial charge in [0.15, 0.2) is 0 Å². The number of allylic oxidation sites excluding steroid dienone is 1. The number of halogens is 1. The molecular formula is C22H24ClNO4. The fourth-order valence-electron chi connectivity index (χ4n) is 4.44.